The lowest BCUT2D eigenvalue weighted by molar-refractivity contribution is 0.405. The van der Waals surface area contributed by atoms with Crippen LogP contribution in [-0.4, -0.2) is 10.2 Å². The molecule has 90 valence electrons. The fraction of sp³-hybridized carbons (Fsp3) is 0.167. The number of para-hydroxylation sites is 1. The monoisotopic (exact) mass is 233 g/mol. The lowest BCUT2D eigenvalue weighted by Crippen LogP contribution is -2.28. The minimum Gasteiger partial charge on any atom is -0.504 e. The van der Waals surface area contributed by atoms with Crippen molar-refractivity contribution in [3.63, 3.8) is 0 Å². The minimum absolute atomic E-state index is 0.164. The summed E-state index contributed by atoms with van der Waals surface area (Å²) < 4.78 is 0. The van der Waals surface area contributed by atoms with Gasteiger partial charge in [-0.2, -0.15) is 0 Å². The SMILES string of the molecule is CC1C=C(N)NC(Nc2cccc(O)c2O)=C1. The van der Waals surface area contributed by atoms with Gasteiger partial charge in [0.25, 0.3) is 0 Å². The summed E-state index contributed by atoms with van der Waals surface area (Å²) in [5, 5.41) is 24.9. The van der Waals surface area contributed by atoms with E-state index in [4.69, 9.17) is 5.73 Å². The Kier molecular flexibility index (Phi) is 2.82. The van der Waals surface area contributed by atoms with E-state index in [9.17, 15) is 10.2 Å². The summed E-state index contributed by atoms with van der Waals surface area (Å²) in [6.07, 6.45) is 3.81. The van der Waals surface area contributed by atoms with Gasteiger partial charge in [-0.1, -0.05) is 13.0 Å². The molecule has 0 fully saturated rings. The van der Waals surface area contributed by atoms with Gasteiger partial charge in [0.05, 0.1) is 11.5 Å². The largest absolute Gasteiger partial charge is 0.504 e. The van der Waals surface area contributed by atoms with Crippen LogP contribution < -0.4 is 16.4 Å². The van der Waals surface area contributed by atoms with Crippen LogP contribution in [0.5, 0.6) is 11.5 Å². The minimum atomic E-state index is -0.184. The highest BCUT2D eigenvalue weighted by Gasteiger charge is 2.11. The number of hydrogen-bond acceptors (Lipinski definition) is 5. The van der Waals surface area contributed by atoms with Crippen molar-refractivity contribution >= 4 is 5.69 Å². The number of anilines is 1. The molecule has 1 aliphatic rings. The summed E-state index contributed by atoms with van der Waals surface area (Å²) in [5.74, 6) is 1.10. The number of allylic oxidation sites excluding steroid dienone is 2. The van der Waals surface area contributed by atoms with Gasteiger partial charge in [-0.25, -0.2) is 0 Å². The number of dihydropyridines is 1. The van der Waals surface area contributed by atoms with E-state index in [2.05, 4.69) is 10.6 Å². The van der Waals surface area contributed by atoms with Gasteiger partial charge in [-0.15, -0.1) is 0 Å². The molecular formula is C12H15N3O2. The standard InChI is InChI=1S/C12H15N3O2/c1-7-5-10(13)15-11(6-7)14-8-3-2-4-9(16)12(8)17/h2-7,14-17H,13H2,1H3. The quantitative estimate of drug-likeness (QED) is 0.498. The molecule has 0 bridgehead atoms. The molecule has 1 atom stereocenters. The summed E-state index contributed by atoms with van der Waals surface area (Å²) in [7, 11) is 0. The molecule has 5 heteroatoms. The molecule has 1 aromatic rings. The van der Waals surface area contributed by atoms with Crippen LogP contribution in [0.15, 0.2) is 42.0 Å². The van der Waals surface area contributed by atoms with Crippen LogP contribution in [0.4, 0.5) is 5.69 Å². The van der Waals surface area contributed by atoms with Crippen molar-refractivity contribution in [2.45, 2.75) is 6.92 Å². The van der Waals surface area contributed by atoms with Crippen LogP contribution >= 0.6 is 0 Å². The summed E-state index contributed by atoms with van der Waals surface area (Å²) in [4.78, 5) is 0. The maximum absolute atomic E-state index is 9.65. The van der Waals surface area contributed by atoms with Crippen molar-refractivity contribution in [3.05, 3.63) is 42.0 Å². The second-order valence-corrected chi connectivity index (χ2v) is 3.98. The highest BCUT2D eigenvalue weighted by molar-refractivity contribution is 5.64. The lowest BCUT2D eigenvalue weighted by atomic mass is 10.1. The molecule has 0 spiro atoms. The molecule has 0 amide bonds. The predicted molar refractivity (Wildman–Crippen MR) is 66.0 cm³/mol. The molecule has 0 aliphatic carbocycles. The number of phenols is 2. The van der Waals surface area contributed by atoms with Crippen molar-refractivity contribution in [2.24, 2.45) is 11.7 Å². The zero-order chi connectivity index (χ0) is 12.4. The Hall–Kier alpha value is -2.30. The molecule has 17 heavy (non-hydrogen) atoms. The van der Waals surface area contributed by atoms with Gasteiger partial charge in [0.15, 0.2) is 11.5 Å². The molecule has 0 saturated carbocycles. The van der Waals surface area contributed by atoms with E-state index < -0.39 is 0 Å². The Bertz CT molecular complexity index is 495. The third-order valence-corrected chi connectivity index (χ3v) is 2.44. The topological polar surface area (TPSA) is 90.5 Å². The zero-order valence-electron chi connectivity index (χ0n) is 9.44. The maximum Gasteiger partial charge on any atom is 0.181 e. The Morgan fingerprint density at radius 2 is 2.06 bits per heavy atom. The highest BCUT2D eigenvalue weighted by atomic mass is 16.3. The Morgan fingerprint density at radius 1 is 1.29 bits per heavy atom. The molecule has 0 saturated heterocycles. The van der Waals surface area contributed by atoms with Crippen LogP contribution in [-0.2, 0) is 0 Å². The van der Waals surface area contributed by atoms with Crippen LogP contribution in [0.25, 0.3) is 0 Å². The number of benzene rings is 1. The van der Waals surface area contributed by atoms with Gasteiger partial charge < -0.3 is 26.6 Å². The van der Waals surface area contributed by atoms with E-state index in [0.29, 0.717) is 17.3 Å². The molecular weight excluding hydrogens is 218 g/mol. The second-order valence-electron chi connectivity index (χ2n) is 3.98. The third kappa shape index (κ3) is 2.44. The molecule has 0 radical (unpaired) electrons. The summed E-state index contributed by atoms with van der Waals surface area (Å²) in [5.41, 5.74) is 6.12. The molecule has 1 aliphatic heterocycles. The molecule has 6 N–H and O–H groups in total. The molecule has 1 aromatic carbocycles. The van der Waals surface area contributed by atoms with Crippen LogP contribution in [0.3, 0.4) is 0 Å². The second kappa shape index (κ2) is 4.29. The van der Waals surface area contributed by atoms with Gasteiger partial charge in [0.2, 0.25) is 0 Å². The average Bonchev–Trinajstić information content (AvgIpc) is 2.23. The smallest absolute Gasteiger partial charge is 0.181 e. The van der Waals surface area contributed by atoms with Crippen molar-refractivity contribution in [2.75, 3.05) is 5.32 Å². The van der Waals surface area contributed by atoms with Crippen LogP contribution in [0.1, 0.15) is 6.92 Å². The fourth-order valence-electron chi connectivity index (χ4n) is 1.68. The summed E-state index contributed by atoms with van der Waals surface area (Å²) in [6, 6.07) is 4.72. The Morgan fingerprint density at radius 3 is 2.76 bits per heavy atom. The summed E-state index contributed by atoms with van der Waals surface area (Å²) in [6.45, 7) is 2.00. The Labute approximate surface area is 99.3 Å². The van der Waals surface area contributed by atoms with Gasteiger partial charge in [-0.3, -0.25) is 0 Å². The molecule has 5 nitrogen and oxygen atoms in total. The predicted octanol–water partition coefficient (Wildman–Crippen LogP) is 1.39. The average molecular weight is 233 g/mol. The normalized spacial score (nSPS) is 19.0. The van der Waals surface area contributed by atoms with E-state index >= 15 is 0 Å². The van der Waals surface area contributed by atoms with Crippen LogP contribution in [0, 0.1) is 5.92 Å². The van der Waals surface area contributed by atoms with Gasteiger partial charge >= 0.3 is 0 Å². The number of rotatable bonds is 2. The van der Waals surface area contributed by atoms with Crippen molar-refractivity contribution in [3.8, 4) is 11.5 Å². The maximum atomic E-state index is 9.65. The number of aromatic hydroxyl groups is 2. The van der Waals surface area contributed by atoms with E-state index in [-0.39, 0.29) is 17.4 Å². The number of nitrogens with two attached hydrogens (primary N) is 1. The van der Waals surface area contributed by atoms with Crippen molar-refractivity contribution in [1.82, 2.24) is 5.32 Å². The van der Waals surface area contributed by atoms with E-state index in [1.54, 1.807) is 12.1 Å². The molecule has 1 heterocycles. The third-order valence-electron chi connectivity index (χ3n) is 2.44. The number of phenolic OH excluding ortho intramolecular Hbond substituents is 2. The van der Waals surface area contributed by atoms with E-state index in [1.165, 1.54) is 6.07 Å². The van der Waals surface area contributed by atoms with Crippen LogP contribution in [0.2, 0.25) is 0 Å². The first-order valence-electron chi connectivity index (χ1n) is 5.30. The number of hydrogen-bond donors (Lipinski definition) is 5. The number of nitrogens with one attached hydrogen (secondary N) is 2. The first kappa shape index (κ1) is 11.2. The molecule has 0 aromatic heterocycles. The first-order chi connectivity index (χ1) is 8.06. The Balaban J connectivity index is 2.19. The molecule has 1 unspecified atom stereocenters. The zero-order valence-corrected chi connectivity index (χ0v) is 9.44. The summed E-state index contributed by atoms with van der Waals surface area (Å²) >= 11 is 0. The lowest BCUT2D eigenvalue weighted by Gasteiger charge is -2.20. The van der Waals surface area contributed by atoms with Gasteiger partial charge in [0, 0.05) is 0 Å². The van der Waals surface area contributed by atoms with Gasteiger partial charge in [0.1, 0.15) is 5.82 Å². The van der Waals surface area contributed by atoms with Gasteiger partial charge in [-0.05, 0) is 30.2 Å². The first-order valence-corrected chi connectivity index (χ1v) is 5.30. The van der Waals surface area contributed by atoms with Crippen molar-refractivity contribution in [1.29, 1.82) is 0 Å². The van der Waals surface area contributed by atoms with E-state index in [1.807, 2.05) is 19.1 Å². The van der Waals surface area contributed by atoms with Crippen molar-refractivity contribution < 1.29 is 10.2 Å². The molecule has 2 rings (SSSR count). The van der Waals surface area contributed by atoms with E-state index in [0.717, 1.165) is 0 Å². The fourth-order valence-corrected chi connectivity index (χ4v) is 1.68. The highest BCUT2D eigenvalue weighted by Crippen LogP contribution is 2.33.